The van der Waals surface area contributed by atoms with Crippen LogP contribution in [0.15, 0.2) is 30.3 Å². The van der Waals surface area contributed by atoms with Crippen LogP contribution in [0.2, 0.25) is 0 Å². The van der Waals surface area contributed by atoms with E-state index in [0.717, 1.165) is 24.8 Å². The van der Waals surface area contributed by atoms with Crippen molar-refractivity contribution in [1.82, 2.24) is 15.3 Å². The van der Waals surface area contributed by atoms with E-state index in [4.69, 9.17) is 14.7 Å². The summed E-state index contributed by atoms with van der Waals surface area (Å²) in [6, 6.07) is 9.22. The van der Waals surface area contributed by atoms with Gasteiger partial charge in [-0.05, 0) is 64.3 Å². The van der Waals surface area contributed by atoms with Crippen LogP contribution in [-0.2, 0) is 19.3 Å². The van der Waals surface area contributed by atoms with Crippen molar-refractivity contribution in [2.75, 3.05) is 35.7 Å². The van der Waals surface area contributed by atoms with Gasteiger partial charge in [0.2, 0.25) is 0 Å². The van der Waals surface area contributed by atoms with Crippen molar-refractivity contribution in [2.24, 2.45) is 0 Å². The van der Waals surface area contributed by atoms with Gasteiger partial charge >= 0.3 is 6.03 Å². The summed E-state index contributed by atoms with van der Waals surface area (Å²) in [5, 5.41) is 5.81. The molecule has 10 heteroatoms. The van der Waals surface area contributed by atoms with Crippen molar-refractivity contribution in [3.05, 3.63) is 36.0 Å². The first-order valence-electron chi connectivity index (χ1n) is 12.2. The van der Waals surface area contributed by atoms with Gasteiger partial charge in [-0.1, -0.05) is 6.92 Å². The van der Waals surface area contributed by atoms with Crippen molar-refractivity contribution < 1.29 is 17.9 Å². The molecular weight excluding hydrogens is 466 g/mol. The van der Waals surface area contributed by atoms with Gasteiger partial charge in [-0.25, -0.2) is 23.2 Å². The Bertz CT molecular complexity index is 1160. The molecule has 9 nitrogen and oxygen atoms in total. The fraction of sp³-hybridized carbons (Fsp3) is 0.560. The summed E-state index contributed by atoms with van der Waals surface area (Å²) < 4.78 is 30.3. The predicted molar refractivity (Wildman–Crippen MR) is 137 cm³/mol. The number of nitrogens with zero attached hydrogens (tertiary/aromatic N) is 3. The molecule has 1 atom stereocenters. The number of amides is 2. The number of benzene rings is 1. The standard InChI is InChI=1S/C25H35N5O4S/c1-5-35(32,33)25(3,4)21-15-22(30-13-14-34-16-17(30)2)29-23(28-21)18-9-11-20(12-10-18)27-24(31)26-19-7-6-8-19/h9-12,15,17,19H,5-8,13-14,16H2,1-4H3,(H2,26,27,31)/t17-/m0/s1. The van der Waals surface area contributed by atoms with Crippen LogP contribution in [0.4, 0.5) is 16.3 Å². The third-order valence-corrected chi connectivity index (χ3v) is 9.51. The quantitative estimate of drug-likeness (QED) is 0.594. The zero-order valence-electron chi connectivity index (χ0n) is 20.9. The van der Waals surface area contributed by atoms with Crippen LogP contribution in [-0.4, -0.2) is 62.0 Å². The molecule has 1 aliphatic heterocycles. The summed E-state index contributed by atoms with van der Waals surface area (Å²) in [7, 11) is -3.43. The topological polar surface area (TPSA) is 114 Å². The number of morpholine rings is 1. The van der Waals surface area contributed by atoms with E-state index in [0.29, 0.717) is 42.8 Å². The average molecular weight is 502 g/mol. The molecule has 1 saturated carbocycles. The number of aromatic nitrogens is 2. The van der Waals surface area contributed by atoms with Crippen LogP contribution in [0.5, 0.6) is 0 Å². The zero-order chi connectivity index (χ0) is 25.2. The third kappa shape index (κ3) is 5.43. The van der Waals surface area contributed by atoms with Crippen LogP contribution >= 0.6 is 0 Å². The molecule has 1 aromatic carbocycles. The minimum Gasteiger partial charge on any atom is -0.377 e. The van der Waals surface area contributed by atoms with Crippen molar-refractivity contribution in [1.29, 1.82) is 0 Å². The number of carbonyl (C=O) groups excluding carboxylic acids is 1. The molecule has 2 fully saturated rings. The highest BCUT2D eigenvalue weighted by Gasteiger charge is 2.37. The van der Waals surface area contributed by atoms with E-state index >= 15 is 0 Å². The van der Waals surface area contributed by atoms with E-state index in [2.05, 4.69) is 22.5 Å². The molecule has 1 saturated heterocycles. The summed E-state index contributed by atoms with van der Waals surface area (Å²) in [6.45, 7) is 8.92. The summed E-state index contributed by atoms with van der Waals surface area (Å²) in [4.78, 5) is 23.8. The molecule has 0 radical (unpaired) electrons. The molecule has 190 valence electrons. The highest BCUT2D eigenvalue weighted by Crippen LogP contribution is 2.33. The molecule has 0 unspecified atom stereocenters. The average Bonchev–Trinajstić information content (AvgIpc) is 2.82. The van der Waals surface area contributed by atoms with Crippen LogP contribution in [0.3, 0.4) is 0 Å². The minimum atomic E-state index is -3.43. The summed E-state index contributed by atoms with van der Waals surface area (Å²) in [5.41, 5.74) is 1.86. The second kappa shape index (κ2) is 10.1. The number of ether oxygens (including phenoxy) is 1. The highest BCUT2D eigenvalue weighted by atomic mass is 32.2. The monoisotopic (exact) mass is 501 g/mol. The molecule has 1 aliphatic carbocycles. The van der Waals surface area contributed by atoms with Gasteiger partial charge in [-0.2, -0.15) is 0 Å². The van der Waals surface area contributed by atoms with Crippen molar-refractivity contribution in [3.63, 3.8) is 0 Å². The zero-order valence-corrected chi connectivity index (χ0v) is 21.7. The Morgan fingerprint density at radius 3 is 2.51 bits per heavy atom. The lowest BCUT2D eigenvalue weighted by Crippen LogP contribution is -2.44. The van der Waals surface area contributed by atoms with Crippen molar-refractivity contribution in [2.45, 2.75) is 63.8 Å². The van der Waals surface area contributed by atoms with E-state index in [1.54, 1.807) is 39.0 Å². The molecule has 35 heavy (non-hydrogen) atoms. The molecule has 2 N–H and O–H groups in total. The largest absolute Gasteiger partial charge is 0.377 e. The molecule has 1 aromatic heterocycles. The molecule has 2 heterocycles. The van der Waals surface area contributed by atoms with Gasteiger partial charge in [0.15, 0.2) is 15.7 Å². The van der Waals surface area contributed by atoms with Gasteiger partial charge in [0.1, 0.15) is 10.6 Å². The van der Waals surface area contributed by atoms with E-state index in [-0.39, 0.29) is 23.9 Å². The van der Waals surface area contributed by atoms with E-state index in [1.807, 2.05) is 12.1 Å². The number of hydrogen-bond acceptors (Lipinski definition) is 7. The summed E-state index contributed by atoms with van der Waals surface area (Å²) >= 11 is 0. The minimum absolute atomic E-state index is 0.0198. The molecular formula is C25H35N5O4S. The lowest BCUT2D eigenvalue weighted by atomic mass is 9.93. The molecule has 2 aromatic rings. The highest BCUT2D eigenvalue weighted by molar-refractivity contribution is 7.92. The Morgan fingerprint density at radius 1 is 1.20 bits per heavy atom. The van der Waals surface area contributed by atoms with E-state index in [9.17, 15) is 13.2 Å². The van der Waals surface area contributed by atoms with Gasteiger partial charge in [0, 0.05) is 35.7 Å². The fourth-order valence-corrected chi connectivity index (χ4v) is 5.36. The molecule has 2 aliphatic rings. The Kier molecular flexibility index (Phi) is 7.32. The molecule has 0 spiro atoms. The maximum atomic E-state index is 12.9. The lowest BCUT2D eigenvalue weighted by Gasteiger charge is -2.35. The number of anilines is 2. The van der Waals surface area contributed by atoms with Gasteiger partial charge in [0.25, 0.3) is 0 Å². The lowest BCUT2D eigenvalue weighted by molar-refractivity contribution is 0.0985. The van der Waals surface area contributed by atoms with Gasteiger partial charge in [-0.15, -0.1) is 0 Å². The Morgan fingerprint density at radius 2 is 1.91 bits per heavy atom. The predicted octanol–water partition coefficient (Wildman–Crippen LogP) is 3.71. The van der Waals surface area contributed by atoms with Crippen LogP contribution in [0.25, 0.3) is 11.4 Å². The summed E-state index contributed by atoms with van der Waals surface area (Å²) in [5.74, 6) is 1.15. The first kappa shape index (κ1) is 25.4. The SMILES string of the molecule is CCS(=O)(=O)C(C)(C)c1cc(N2CCOC[C@@H]2C)nc(-c2ccc(NC(=O)NC3CCC3)cc2)n1. The van der Waals surface area contributed by atoms with E-state index in [1.165, 1.54) is 0 Å². The van der Waals surface area contributed by atoms with Crippen molar-refractivity contribution >= 4 is 27.4 Å². The fourth-order valence-electron chi connectivity index (χ4n) is 4.21. The Labute approximate surface area is 207 Å². The molecule has 4 rings (SSSR count). The Balaban J connectivity index is 1.66. The smallest absolute Gasteiger partial charge is 0.319 e. The van der Waals surface area contributed by atoms with Crippen molar-refractivity contribution in [3.8, 4) is 11.4 Å². The number of nitrogens with one attached hydrogen (secondary N) is 2. The molecule has 0 bridgehead atoms. The first-order chi connectivity index (χ1) is 16.6. The number of carbonyl (C=O) groups is 1. The maximum absolute atomic E-state index is 12.9. The number of rotatable bonds is 7. The number of sulfone groups is 1. The van der Waals surface area contributed by atoms with Gasteiger partial charge < -0.3 is 20.3 Å². The number of hydrogen-bond donors (Lipinski definition) is 2. The third-order valence-electron chi connectivity index (χ3n) is 6.99. The van der Waals surface area contributed by atoms with Crippen LogP contribution < -0.4 is 15.5 Å². The second-order valence-electron chi connectivity index (χ2n) is 9.77. The van der Waals surface area contributed by atoms with Crippen LogP contribution in [0.1, 0.15) is 52.7 Å². The van der Waals surface area contributed by atoms with Gasteiger partial charge in [0.05, 0.1) is 24.9 Å². The van der Waals surface area contributed by atoms with Crippen LogP contribution in [0, 0.1) is 0 Å². The van der Waals surface area contributed by atoms with E-state index < -0.39 is 14.6 Å². The Hall–Kier alpha value is -2.72. The maximum Gasteiger partial charge on any atom is 0.319 e. The summed E-state index contributed by atoms with van der Waals surface area (Å²) in [6.07, 6.45) is 3.20. The number of urea groups is 1. The first-order valence-corrected chi connectivity index (χ1v) is 13.9. The normalized spacial score (nSPS) is 19.2. The second-order valence-corrected chi connectivity index (χ2v) is 12.6. The molecule has 2 amide bonds. The van der Waals surface area contributed by atoms with Gasteiger partial charge in [-0.3, -0.25) is 0 Å².